The van der Waals surface area contributed by atoms with Crippen LogP contribution in [0.2, 0.25) is 0 Å². The molecule has 0 fully saturated rings. The van der Waals surface area contributed by atoms with Gasteiger partial charge in [0.25, 0.3) is 0 Å². The van der Waals surface area contributed by atoms with E-state index in [1.54, 1.807) is 0 Å². The topological polar surface area (TPSA) is 66.8 Å². The van der Waals surface area contributed by atoms with Crippen LogP contribution in [0.3, 0.4) is 0 Å². The SMILES string of the molecule is CCCc1c(O)ccc(C=O)c1OO. The van der Waals surface area contributed by atoms with Crippen molar-refractivity contribution in [1.82, 2.24) is 0 Å². The van der Waals surface area contributed by atoms with Gasteiger partial charge in [0, 0.05) is 5.56 Å². The van der Waals surface area contributed by atoms with Crippen LogP contribution in [0.15, 0.2) is 12.1 Å². The van der Waals surface area contributed by atoms with Crippen molar-refractivity contribution in [3.63, 3.8) is 0 Å². The Morgan fingerprint density at radius 2 is 2.21 bits per heavy atom. The summed E-state index contributed by atoms with van der Waals surface area (Å²) in [4.78, 5) is 14.7. The van der Waals surface area contributed by atoms with Gasteiger partial charge in [0.15, 0.2) is 12.0 Å². The van der Waals surface area contributed by atoms with E-state index in [4.69, 9.17) is 5.26 Å². The molecule has 4 heteroatoms. The van der Waals surface area contributed by atoms with Crippen LogP contribution in [0.25, 0.3) is 0 Å². The molecule has 1 aromatic rings. The number of hydrogen-bond donors (Lipinski definition) is 2. The first-order valence-corrected chi connectivity index (χ1v) is 4.36. The average molecular weight is 196 g/mol. The van der Waals surface area contributed by atoms with E-state index < -0.39 is 0 Å². The van der Waals surface area contributed by atoms with E-state index in [0.29, 0.717) is 18.3 Å². The number of carbonyl (C=O) groups excluding carboxylic acids is 1. The third kappa shape index (κ3) is 1.85. The van der Waals surface area contributed by atoms with E-state index in [1.165, 1.54) is 12.1 Å². The lowest BCUT2D eigenvalue weighted by molar-refractivity contribution is -0.138. The number of phenolic OH excluding ortho intramolecular Hbond substituents is 1. The zero-order chi connectivity index (χ0) is 10.6. The highest BCUT2D eigenvalue weighted by atomic mass is 17.1. The van der Waals surface area contributed by atoms with Crippen LogP contribution in [0, 0.1) is 0 Å². The van der Waals surface area contributed by atoms with Crippen LogP contribution in [-0.4, -0.2) is 16.6 Å². The third-order valence-electron chi connectivity index (χ3n) is 1.98. The molecule has 0 unspecified atom stereocenters. The Morgan fingerprint density at radius 1 is 1.50 bits per heavy atom. The zero-order valence-corrected chi connectivity index (χ0v) is 7.86. The molecule has 0 saturated heterocycles. The van der Waals surface area contributed by atoms with Crippen LogP contribution in [0.4, 0.5) is 0 Å². The molecule has 0 saturated carbocycles. The summed E-state index contributed by atoms with van der Waals surface area (Å²) in [5.41, 5.74) is 0.688. The van der Waals surface area contributed by atoms with Gasteiger partial charge >= 0.3 is 0 Å². The number of phenols is 1. The van der Waals surface area contributed by atoms with Gasteiger partial charge in [0.2, 0.25) is 0 Å². The molecule has 0 aliphatic rings. The summed E-state index contributed by atoms with van der Waals surface area (Å²) in [5.74, 6) is 0.0725. The predicted octanol–water partition coefficient (Wildman–Crippen LogP) is 2.01. The lowest BCUT2D eigenvalue weighted by atomic mass is 10.0. The van der Waals surface area contributed by atoms with Crippen molar-refractivity contribution in [2.24, 2.45) is 0 Å². The number of benzene rings is 1. The van der Waals surface area contributed by atoms with Crippen molar-refractivity contribution in [3.8, 4) is 11.5 Å². The largest absolute Gasteiger partial charge is 0.508 e. The quantitative estimate of drug-likeness (QED) is 0.439. The van der Waals surface area contributed by atoms with Crippen LogP contribution in [-0.2, 0) is 6.42 Å². The Kier molecular flexibility index (Phi) is 3.48. The second kappa shape index (κ2) is 4.62. The fourth-order valence-electron chi connectivity index (χ4n) is 1.33. The van der Waals surface area contributed by atoms with Gasteiger partial charge < -0.3 is 9.99 Å². The molecule has 0 aliphatic carbocycles. The van der Waals surface area contributed by atoms with Crippen molar-refractivity contribution < 1.29 is 20.0 Å². The second-order valence-electron chi connectivity index (χ2n) is 2.94. The zero-order valence-electron chi connectivity index (χ0n) is 7.86. The molecule has 14 heavy (non-hydrogen) atoms. The van der Waals surface area contributed by atoms with E-state index in [0.717, 1.165) is 6.42 Å². The smallest absolute Gasteiger partial charge is 0.182 e. The highest BCUT2D eigenvalue weighted by Crippen LogP contribution is 2.31. The maximum Gasteiger partial charge on any atom is 0.182 e. The van der Waals surface area contributed by atoms with Crippen LogP contribution < -0.4 is 4.89 Å². The molecule has 0 aliphatic heterocycles. The van der Waals surface area contributed by atoms with Crippen LogP contribution in [0.1, 0.15) is 29.3 Å². The average Bonchev–Trinajstić information content (AvgIpc) is 2.21. The summed E-state index contributed by atoms with van der Waals surface area (Å²) >= 11 is 0. The Bertz CT molecular complexity index is 333. The van der Waals surface area contributed by atoms with Crippen LogP contribution in [0.5, 0.6) is 11.5 Å². The normalized spacial score (nSPS) is 9.86. The van der Waals surface area contributed by atoms with Crippen molar-refractivity contribution in [3.05, 3.63) is 23.3 Å². The molecule has 0 heterocycles. The Hall–Kier alpha value is -1.55. The molecule has 0 aromatic heterocycles. The van der Waals surface area contributed by atoms with E-state index in [9.17, 15) is 9.90 Å². The maximum absolute atomic E-state index is 10.6. The maximum atomic E-state index is 10.6. The monoisotopic (exact) mass is 196 g/mol. The van der Waals surface area contributed by atoms with Gasteiger partial charge in [-0.15, -0.1) is 0 Å². The fourth-order valence-corrected chi connectivity index (χ4v) is 1.33. The Balaban J connectivity index is 3.26. The summed E-state index contributed by atoms with van der Waals surface area (Å²) in [6.07, 6.45) is 1.90. The molecule has 1 rings (SSSR count). The highest BCUT2D eigenvalue weighted by Gasteiger charge is 2.13. The number of rotatable bonds is 4. The molecule has 2 N–H and O–H groups in total. The van der Waals surface area contributed by atoms with Crippen LogP contribution >= 0.6 is 0 Å². The number of hydrogen-bond acceptors (Lipinski definition) is 4. The first-order chi connectivity index (χ1) is 6.74. The van der Waals surface area contributed by atoms with Gasteiger partial charge in [-0.2, -0.15) is 0 Å². The van der Waals surface area contributed by atoms with Gasteiger partial charge in [-0.25, -0.2) is 5.26 Å². The van der Waals surface area contributed by atoms with Crippen molar-refractivity contribution >= 4 is 6.29 Å². The lowest BCUT2D eigenvalue weighted by Crippen LogP contribution is -1.97. The molecule has 0 bridgehead atoms. The van der Waals surface area contributed by atoms with Gasteiger partial charge in [0.1, 0.15) is 5.75 Å². The summed E-state index contributed by atoms with van der Waals surface area (Å²) in [5, 5.41) is 18.1. The molecular formula is C10H12O4. The molecule has 0 radical (unpaired) electrons. The molecular weight excluding hydrogens is 184 g/mol. The van der Waals surface area contributed by atoms with Crippen molar-refractivity contribution in [2.45, 2.75) is 19.8 Å². The van der Waals surface area contributed by atoms with Gasteiger partial charge in [-0.1, -0.05) is 13.3 Å². The van der Waals surface area contributed by atoms with Gasteiger partial charge in [-0.3, -0.25) is 4.79 Å². The predicted molar refractivity (Wildman–Crippen MR) is 50.7 cm³/mol. The minimum atomic E-state index is 0.0292. The Morgan fingerprint density at radius 3 is 2.71 bits per heavy atom. The number of carbonyl (C=O) groups is 1. The van der Waals surface area contributed by atoms with E-state index in [-0.39, 0.29) is 17.1 Å². The summed E-state index contributed by atoms with van der Waals surface area (Å²) in [6.45, 7) is 1.92. The van der Waals surface area contributed by atoms with E-state index >= 15 is 0 Å². The number of aromatic hydroxyl groups is 1. The van der Waals surface area contributed by atoms with E-state index in [1.807, 2.05) is 6.92 Å². The highest BCUT2D eigenvalue weighted by molar-refractivity contribution is 5.81. The molecule has 4 nitrogen and oxygen atoms in total. The standard InChI is InChI=1S/C10H12O4/c1-2-3-8-9(12)5-4-7(6-11)10(8)14-13/h4-6,12-13H,2-3H2,1H3. The minimum absolute atomic E-state index is 0.0292. The minimum Gasteiger partial charge on any atom is -0.508 e. The first kappa shape index (κ1) is 10.5. The van der Waals surface area contributed by atoms with E-state index in [2.05, 4.69) is 4.89 Å². The summed E-state index contributed by atoms with van der Waals surface area (Å²) < 4.78 is 0. The van der Waals surface area contributed by atoms with Gasteiger partial charge in [0.05, 0.1) is 5.56 Å². The van der Waals surface area contributed by atoms with Crippen molar-refractivity contribution in [1.29, 1.82) is 0 Å². The number of aldehydes is 1. The molecule has 0 spiro atoms. The second-order valence-corrected chi connectivity index (χ2v) is 2.94. The molecule has 0 atom stereocenters. The van der Waals surface area contributed by atoms with Gasteiger partial charge in [-0.05, 0) is 18.6 Å². The first-order valence-electron chi connectivity index (χ1n) is 4.36. The lowest BCUT2D eigenvalue weighted by Gasteiger charge is -2.09. The van der Waals surface area contributed by atoms with Crippen molar-refractivity contribution in [2.75, 3.05) is 0 Å². The molecule has 76 valence electrons. The summed E-state index contributed by atoms with van der Waals surface area (Å²) in [7, 11) is 0. The third-order valence-corrected chi connectivity index (χ3v) is 1.98. The summed E-state index contributed by atoms with van der Waals surface area (Å²) in [6, 6.07) is 2.81. The molecule has 1 aromatic carbocycles. The fraction of sp³-hybridized carbons (Fsp3) is 0.300. The molecule has 0 amide bonds. The Labute approximate surface area is 81.7 Å².